The van der Waals surface area contributed by atoms with Gasteiger partial charge in [0.25, 0.3) is 5.91 Å². The van der Waals surface area contributed by atoms with Gasteiger partial charge >= 0.3 is 0 Å². The molecule has 1 N–H and O–H groups in total. The molecule has 1 aromatic heterocycles. The summed E-state index contributed by atoms with van der Waals surface area (Å²) in [7, 11) is 1.63. The Morgan fingerprint density at radius 3 is 2.87 bits per heavy atom. The summed E-state index contributed by atoms with van der Waals surface area (Å²) in [5.41, 5.74) is 3.39. The van der Waals surface area contributed by atoms with E-state index in [-0.39, 0.29) is 12.0 Å². The monoisotopic (exact) mass is 405 g/mol. The maximum Gasteiger partial charge on any atom is 0.253 e. The zero-order valence-corrected chi connectivity index (χ0v) is 17.4. The van der Waals surface area contributed by atoms with E-state index in [9.17, 15) is 4.79 Å². The number of nitrogens with zero attached hydrogens (tertiary/aromatic N) is 2. The highest BCUT2D eigenvalue weighted by Gasteiger charge is 2.22. The number of amides is 1. The van der Waals surface area contributed by atoms with Gasteiger partial charge in [-0.2, -0.15) is 0 Å². The fourth-order valence-electron chi connectivity index (χ4n) is 3.79. The molecule has 1 atom stereocenters. The molecule has 1 amide bonds. The average Bonchev–Trinajstić information content (AvgIpc) is 2.77. The first-order valence-electron chi connectivity index (χ1n) is 10.2. The van der Waals surface area contributed by atoms with E-state index in [1.807, 2.05) is 37.3 Å². The number of morpholine rings is 1. The molecule has 0 unspecified atom stereocenters. The van der Waals surface area contributed by atoms with Gasteiger partial charge in [-0.15, -0.1) is 0 Å². The van der Waals surface area contributed by atoms with E-state index in [1.165, 1.54) is 5.56 Å². The Morgan fingerprint density at radius 2 is 2.07 bits per heavy atom. The van der Waals surface area contributed by atoms with Crippen LogP contribution in [-0.4, -0.2) is 55.2 Å². The van der Waals surface area contributed by atoms with Crippen LogP contribution in [0, 0.1) is 6.92 Å². The van der Waals surface area contributed by atoms with Crippen molar-refractivity contribution < 1.29 is 14.3 Å². The number of fused-ring (bicyclic) bond motifs is 1. The molecule has 3 aromatic rings. The third kappa shape index (κ3) is 4.78. The second-order valence-electron chi connectivity index (χ2n) is 7.60. The lowest BCUT2D eigenvalue weighted by atomic mass is 10.1. The number of hydrogen-bond donors (Lipinski definition) is 1. The highest BCUT2D eigenvalue weighted by Crippen LogP contribution is 2.21. The van der Waals surface area contributed by atoms with Gasteiger partial charge in [-0.1, -0.05) is 30.3 Å². The summed E-state index contributed by atoms with van der Waals surface area (Å²) >= 11 is 0. The Kier molecular flexibility index (Phi) is 6.26. The topological polar surface area (TPSA) is 63.7 Å². The number of hydrogen-bond acceptors (Lipinski definition) is 5. The van der Waals surface area contributed by atoms with Gasteiger partial charge in [-0.25, -0.2) is 0 Å². The molecule has 1 aliphatic heterocycles. The molecule has 156 valence electrons. The molecule has 0 radical (unpaired) electrons. The predicted octanol–water partition coefficient (Wildman–Crippen LogP) is 3.18. The Hall–Kier alpha value is -2.96. The van der Waals surface area contributed by atoms with Crippen molar-refractivity contribution in [3.05, 3.63) is 71.4 Å². The van der Waals surface area contributed by atoms with Crippen molar-refractivity contribution in [2.24, 2.45) is 0 Å². The maximum atomic E-state index is 12.8. The Morgan fingerprint density at radius 1 is 1.23 bits per heavy atom. The Labute approximate surface area is 176 Å². The van der Waals surface area contributed by atoms with Crippen LogP contribution in [0.3, 0.4) is 0 Å². The summed E-state index contributed by atoms with van der Waals surface area (Å²) in [6, 6.07) is 18.0. The molecule has 30 heavy (non-hydrogen) atoms. The zero-order valence-electron chi connectivity index (χ0n) is 17.4. The number of ether oxygens (including phenoxy) is 2. The van der Waals surface area contributed by atoms with Crippen molar-refractivity contribution in [3.8, 4) is 5.75 Å². The molecular weight excluding hydrogens is 378 g/mol. The standard InChI is InChI=1S/C24H27N3O3/c1-17-22(12-19-8-9-20(29-2)13-23(19)26-17)24(28)25-14-21-16-27(10-11-30-21)15-18-6-4-3-5-7-18/h3-9,12-13,21H,10-11,14-16H2,1-2H3,(H,25,28)/t21-/m1/s1. The molecule has 1 fully saturated rings. The second-order valence-corrected chi connectivity index (χ2v) is 7.60. The second kappa shape index (κ2) is 9.24. The van der Waals surface area contributed by atoms with Crippen molar-refractivity contribution >= 4 is 16.8 Å². The van der Waals surface area contributed by atoms with Crippen LogP contribution in [0.15, 0.2) is 54.6 Å². The van der Waals surface area contributed by atoms with E-state index in [0.29, 0.717) is 24.4 Å². The fourth-order valence-corrected chi connectivity index (χ4v) is 3.79. The smallest absolute Gasteiger partial charge is 0.253 e. The number of carbonyl (C=O) groups is 1. The number of nitrogens with one attached hydrogen (secondary N) is 1. The van der Waals surface area contributed by atoms with Crippen molar-refractivity contribution in [1.29, 1.82) is 0 Å². The summed E-state index contributed by atoms with van der Waals surface area (Å²) in [6.45, 7) is 5.59. The Bertz CT molecular complexity index is 1020. The van der Waals surface area contributed by atoms with Gasteiger partial charge in [0.15, 0.2) is 0 Å². The van der Waals surface area contributed by atoms with Gasteiger partial charge in [-0.3, -0.25) is 14.7 Å². The average molecular weight is 405 g/mol. The van der Waals surface area contributed by atoms with Crippen molar-refractivity contribution in [2.75, 3.05) is 33.4 Å². The molecular formula is C24H27N3O3. The van der Waals surface area contributed by atoms with Gasteiger partial charge in [0, 0.05) is 37.6 Å². The lowest BCUT2D eigenvalue weighted by Gasteiger charge is -2.33. The summed E-state index contributed by atoms with van der Waals surface area (Å²) in [6.07, 6.45) is -0.0237. The third-order valence-electron chi connectivity index (χ3n) is 5.42. The van der Waals surface area contributed by atoms with Crippen LogP contribution < -0.4 is 10.1 Å². The molecule has 1 saturated heterocycles. The summed E-state index contributed by atoms with van der Waals surface area (Å²) in [5, 5.41) is 3.94. The molecule has 0 saturated carbocycles. The van der Waals surface area contributed by atoms with Gasteiger partial charge in [0.1, 0.15) is 5.75 Å². The molecule has 0 aliphatic carbocycles. The molecule has 0 bridgehead atoms. The van der Waals surface area contributed by atoms with E-state index >= 15 is 0 Å². The number of aromatic nitrogens is 1. The quantitative estimate of drug-likeness (QED) is 0.682. The van der Waals surface area contributed by atoms with Gasteiger partial charge < -0.3 is 14.8 Å². The van der Waals surface area contributed by atoms with E-state index in [1.54, 1.807) is 7.11 Å². The van der Waals surface area contributed by atoms with Crippen LogP contribution in [0.2, 0.25) is 0 Å². The summed E-state index contributed by atoms with van der Waals surface area (Å²) in [4.78, 5) is 19.7. The van der Waals surface area contributed by atoms with E-state index < -0.39 is 0 Å². The lowest BCUT2D eigenvalue weighted by molar-refractivity contribution is -0.0292. The SMILES string of the molecule is COc1ccc2cc(C(=O)NC[C@@H]3CN(Cc4ccccc4)CCO3)c(C)nc2c1. The number of aryl methyl sites for hydroxylation is 1. The molecule has 0 spiro atoms. The van der Waals surface area contributed by atoms with Crippen LogP contribution in [0.25, 0.3) is 10.9 Å². The van der Waals surface area contributed by atoms with Crippen LogP contribution in [0.4, 0.5) is 0 Å². The Balaban J connectivity index is 1.37. The minimum absolute atomic E-state index is 0.0237. The third-order valence-corrected chi connectivity index (χ3v) is 5.42. The number of carbonyl (C=O) groups excluding carboxylic acids is 1. The van der Waals surface area contributed by atoms with Crippen LogP contribution >= 0.6 is 0 Å². The van der Waals surface area contributed by atoms with Crippen molar-refractivity contribution in [1.82, 2.24) is 15.2 Å². The van der Waals surface area contributed by atoms with E-state index in [4.69, 9.17) is 9.47 Å². The normalized spacial score (nSPS) is 17.1. The first kappa shape index (κ1) is 20.3. The highest BCUT2D eigenvalue weighted by molar-refractivity contribution is 5.98. The minimum atomic E-state index is -0.124. The van der Waals surface area contributed by atoms with Crippen molar-refractivity contribution in [3.63, 3.8) is 0 Å². The fraction of sp³-hybridized carbons (Fsp3) is 0.333. The van der Waals surface area contributed by atoms with Crippen molar-refractivity contribution in [2.45, 2.75) is 19.6 Å². The van der Waals surface area contributed by atoms with Gasteiger partial charge in [-0.05, 0) is 30.7 Å². The highest BCUT2D eigenvalue weighted by atomic mass is 16.5. The number of pyridine rings is 1. The zero-order chi connectivity index (χ0) is 20.9. The molecule has 2 aromatic carbocycles. The summed E-state index contributed by atoms with van der Waals surface area (Å²) in [5.74, 6) is 0.627. The number of rotatable bonds is 6. The largest absolute Gasteiger partial charge is 0.497 e. The molecule has 1 aliphatic rings. The maximum absolute atomic E-state index is 12.8. The lowest BCUT2D eigenvalue weighted by Crippen LogP contribution is -2.47. The predicted molar refractivity (Wildman–Crippen MR) is 117 cm³/mol. The first-order chi connectivity index (χ1) is 14.6. The minimum Gasteiger partial charge on any atom is -0.497 e. The van der Waals surface area contributed by atoms with Gasteiger partial charge in [0.2, 0.25) is 0 Å². The number of methoxy groups -OCH3 is 1. The number of benzene rings is 2. The summed E-state index contributed by atoms with van der Waals surface area (Å²) < 4.78 is 11.1. The molecule has 6 nitrogen and oxygen atoms in total. The van der Waals surface area contributed by atoms with Crippen LogP contribution in [0.5, 0.6) is 5.75 Å². The molecule has 2 heterocycles. The van der Waals surface area contributed by atoms with Crippen LogP contribution in [0.1, 0.15) is 21.6 Å². The van der Waals surface area contributed by atoms with E-state index in [2.05, 4.69) is 39.5 Å². The van der Waals surface area contributed by atoms with Gasteiger partial charge in [0.05, 0.1) is 36.6 Å². The molecule has 4 rings (SSSR count). The van der Waals surface area contributed by atoms with Crippen LogP contribution in [-0.2, 0) is 11.3 Å². The van der Waals surface area contributed by atoms with E-state index in [0.717, 1.165) is 36.3 Å². The first-order valence-corrected chi connectivity index (χ1v) is 10.2. The molecule has 6 heteroatoms.